The Morgan fingerprint density at radius 2 is 1.79 bits per heavy atom. The molecule has 0 aliphatic heterocycles. The van der Waals surface area contributed by atoms with Gasteiger partial charge in [-0.15, -0.1) is 0 Å². The lowest BCUT2D eigenvalue weighted by Gasteiger charge is -2.12. The molecule has 0 aliphatic carbocycles. The predicted molar refractivity (Wildman–Crippen MR) is 78.8 cm³/mol. The molecule has 4 nitrogen and oxygen atoms in total. The Kier molecular flexibility index (Phi) is 5.18. The van der Waals surface area contributed by atoms with E-state index in [0.717, 1.165) is 18.2 Å². The molecule has 2 rings (SSSR count). The standard InChI is InChI=1S/C16H8ClF3N2O2/c17-13-7-11(16(18,19)20)2-4-14(13)24-12-3-1-10(9-22)15(8-12)23-6-5-21/h1-4,7-8H,6H2. The lowest BCUT2D eigenvalue weighted by atomic mass is 10.2. The number of nitriles is 2. The van der Waals surface area contributed by atoms with Crippen molar-refractivity contribution in [3.05, 3.63) is 52.5 Å². The fourth-order valence-electron chi connectivity index (χ4n) is 1.77. The van der Waals surface area contributed by atoms with Gasteiger partial charge in [-0.05, 0) is 30.3 Å². The Bertz CT molecular complexity index is 839. The van der Waals surface area contributed by atoms with Crippen LogP contribution in [0.4, 0.5) is 13.2 Å². The van der Waals surface area contributed by atoms with Crippen LogP contribution in [0.2, 0.25) is 5.02 Å². The molecule has 0 atom stereocenters. The number of ether oxygens (including phenoxy) is 2. The van der Waals surface area contributed by atoms with Gasteiger partial charge < -0.3 is 9.47 Å². The molecule has 0 spiro atoms. The van der Waals surface area contributed by atoms with Crippen LogP contribution in [-0.2, 0) is 6.18 Å². The van der Waals surface area contributed by atoms with Gasteiger partial charge >= 0.3 is 6.18 Å². The van der Waals surface area contributed by atoms with Crippen LogP contribution in [0.5, 0.6) is 17.2 Å². The second kappa shape index (κ2) is 7.12. The van der Waals surface area contributed by atoms with E-state index >= 15 is 0 Å². The van der Waals surface area contributed by atoms with Crippen LogP contribution >= 0.6 is 11.6 Å². The molecule has 0 aliphatic rings. The zero-order valence-corrected chi connectivity index (χ0v) is 12.6. The second-order valence-corrected chi connectivity index (χ2v) is 4.87. The topological polar surface area (TPSA) is 66.0 Å². The van der Waals surface area contributed by atoms with Crippen molar-refractivity contribution >= 4 is 11.6 Å². The maximum atomic E-state index is 12.6. The average molecular weight is 353 g/mol. The van der Waals surface area contributed by atoms with Crippen LogP contribution in [0.3, 0.4) is 0 Å². The number of alkyl halides is 3. The highest BCUT2D eigenvalue weighted by Gasteiger charge is 2.31. The number of hydrogen-bond donors (Lipinski definition) is 0. The highest BCUT2D eigenvalue weighted by molar-refractivity contribution is 6.32. The second-order valence-electron chi connectivity index (χ2n) is 4.46. The predicted octanol–water partition coefficient (Wildman–Crippen LogP) is 4.93. The first-order chi connectivity index (χ1) is 11.3. The first-order valence-corrected chi connectivity index (χ1v) is 6.81. The van der Waals surface area contributed by atoms with Gasteiger partial charge in [0.2, 0.25) is 0 Å². The van der Waals surface area contributed by atoms with E-state index < -0.39 is 11.7 Å². The average Bonchev–Trinajstić information content (AvgIpc) is 2.54. The normalized spacial score (nSPS) is 10.6. The van der Waals surface area contributed by atoms with Gasteiger partial charge in [0.05, 0.1) is 16.1 Å². The third-order valence-electron chi connectivity index (χ3n) is 2.85. The monoisotopic (exact) mass is 352 g/mol. The van der Waals surface area contributed by atoms with Crippen molar-refractivity contribution in [3.63, 3.8) is 0 Å². The maximum Gasteiger partial charge on any atom is 0.416 e. The van der Waals surface area contributed by atoms with E-state index in [1.165, 1.54) is 18.2 Å². The van der Waals surface area contributed by atoms with Crippen molar-refractivity contribution < 1.29 is 22.6 Å². The van der Waals surface area contributed by atoms with Gasteiger partial charge in [-0.3, -0.25) is 0 Å². The van der Waals surface area contributed by atoms with Crippen molar-refractivity contribution in [3.8, 4) is 29.4 Å². The van der Waals surface area contributed by atoms with Crippen LogP contribution in [0.15, 0.2) is 36.4 Å². The summed E-state index contributed by atoms with van der Waals surface area (Å²) < 4.78 is 48.4. The Morgan fingerprint density at radius 1 is 1.04 bits per heavy atom. The fourth-order valence-corrected chi connectivity index (χ4v) is 1.99. The molecule has 2 aromatic carbocycles. The van der Waals surface area contributed by atoms with Crippen LogP contribution in [0.1, 0.15) is 11.1 Å². The fraction of sp³-hybridized carbons (Fsp3) is 0.125. The van der Waals surface area contributed by atoms with Gasteiger partial charge in [-0.25, -0.2) is 0 Å². The van der Waals surface area contributed by atoms with Crippen molar-refractivity contribution in [2.75, 3.05) is 6.61 Å². The summed E-state index contributed by atoms with van der Waals surface area (Å²) >= 11 is 5.82. The lowest BCUT2D eigenvalue weighted by Crippen LogP contribution is -2.04. The minimum Gasteiger partial charge on any atom is -0.477 e. The molecule has 2 aromatic rings. The Hall–Kier alpha value is -2.90. The molecule has 0 heterocycles. The quantitative estimate of drug-likeness (QED) is 0.782. The molecule has 24 heavy (non-hydrogen) atoms. The van der Waals surface area contributed by atoms with Crippen LogP contribution in [-0.4, -0.2) is 6.61 Å². The van der Waals surface area contributed by atoms with E-state index in [-0.39, 0.29) is 34.4 Å². The van der Waals surface area contributed by atoms with Crippen molar-refractivity contribution in [1.82, 2.24) is 0 Å². The van der Waals surface area contributed by atoms with Crippen LogP contribution < -0.4 is 9.47 Å². The zero-order chi connectivity index (χ0) is 17.7. The summed E-state index contributed by atoms with van der Waals surface area (Å²) in [6.45, 7) is -0.265. The Balaban J connectivity index is 2.28. The van der Waals surface area contributed by atoms with Gasteiger partial charge in [0, 0.05) is 6.07 Å². The summed E-state index contributed by atoms with van der Waals surface area (Å²) in [7, 11) is 0. The summed E-state index contributed by atoms with van der Waals surface area (Å²) in [4.78, 5) is 0. The number of rotatable bonds is 4. The SMILES string of the molecule is N#CCOc1cc(Oc2ccc(C(F)(F)F)cc2Cl)ccc1C#N. The summed E-state index contributed by atoms with van der Waals surface area (Å²) in [6.07, 6.45) is -4.51. The number of hydrogen-bond acceptors (Lipinski definition) is 4. The molecule has 0 unspecified atom stereocenters. The van der Waals surface area contributed by atoms with E-state index in [1.807, 2.05) is 6.07 Å². The molecular formula is C16H8ClF3N2O2. The molecule has 0 fully saturated rings. The molecule has 122 valence electrons. The third-order valence-corrected chi connectivity index (χ3v) is 3.15. The van der Waals surface area contributed by atoms with Gasteiger partial charge in [-0.2, -0.15) is 23.7 Å². The molecule has 0 bridgehead atoms. The summed E-state index contributed by atoms with van der Waals surface area (Å²) in [5, 5.41) is 17.3. The minimum atomic E-state index is -4.51. The first-order valence-electron chi connectivity index (χ1n) is 6.43. The first kappa shape index (κ1) is 17.5. The maximum absolute atomic E-state index is 12.6. The van der Waals surface area contributed by atoms with Gasteiger partial charge in [0.1, 0.15) is 29.4 Å². The third kappa shape index (κ3) is 4.09. The molecule has 0 N–H and O–H groups in total. The van der Waals surface area contributed by atoms with Crippen molar-refractivity contribution in [1.29, 1.82) is 10.5 Å². The lowest BCUT2D eigenvalue weighted by molar-refractivity contribution is -0.137. The highest BCUT2D eigenvalue weighted by atomic mass is 35.5. The number of nitrogens with zero attached hydrogens (tertiary/aromatic N) is 2. The van der Waals surface area contributed by atoms with Crippen LogP contribution in [0.25, 0.3) is 0 Å². The smallest absolute Gasteiger partial charge is 0.416 e. The molecule has 0 saturated heterocycles. The molecule has 8 heteroatoms. The van der Waals surface area contributed by atoms with Crippen molar-refractivity contribution in [2.24, 2.45) is 0 Å². The summed E-state index contributed by atoms with van der Waals surface area (Å²) in [6, 6.07) is 10.5. The zero-order valence-electron chi connectivity index (χ0n) is 11.9. The van der Waals surface area contributed by atoms with Gasteiger partial charge in [0.25, 0.3) is 0 Å². The largest absolute Gasteiger partial charge is 0.477 e. The Labute approximate surface area is 140 Å². The van der Waals surface area contributed by atoms with E-state index in [1.54, 1.807) is 6.07 Å². The van der Waals surface area contributed by atoms with Gasteiger partial charge in [-0.1, -0.05) is 11.6 Å². The van der Waals surface area contributed by atoms with E-state index in [9.17, 15) is 13.2 Å². The van der Waals surface area contributed by atoms with Crippen LogP contribution in [0, 0.1) is 22.7 Å². The summed E-state index contributed by atoms with van der Waals surface area (Å²) in [5.74, 6) is 0.337. The van der Waals surface area contributed by atoms with Crippen molar-refractivity contribution in [2.45, 2.75) is 6.18 Å². The van der Waals surface area contributed by atoms with Gasteiger partial charge in [0.15, 0.2) is 6.61 Å². The Morgan fingerprint density at radius 3 is 2.38 bits per heavy atom. The number of benzene rings is 2. The molecule has 0 saturated carbocycles. The number of halogens is 4. The highest BCUT2D eigenvalue weighted by Crippen LogP contribution is 2.37. The molecular weight excluding hydrogens is 345 g/mol. The summed E-state index contributed by atoms with van der Waals surface area (Å²) in [5.41, 5.74) is -0.700. The minimum absolute atomic E-state index is 0.0145. The van der Waals surface area contributed by atoms with E-state index in [2.05, 4.69) is 0 Å². The van der Waals surface area contributed by atoms with E-state index in [4.69, 9.17) is 31.6 Å². The van der Waals surface area contributed by atoms with E-state index in [0.29, 0.717) is 0 Å². The molecule has 0 aromatic heterocycles. The molecule has 0 amide bonds. The molecule has 0 radical (unpaired) electrons.